The second-order valence-corrected chi connectivity index (χ2v) is 6.69. The standard InChI is InChI=1S/C13H15N3O4S/c1-9-3-4-11(5-12(9)13(17)18)21(19,20)16(2)8-10-6-14-15-7-10/h3-7H,8H2,1-2H3,(H,14,15)(H,17,18). The molecule has 0 saturated carbocycles. The molecule has 0 bridgehead atoms. The van der Waals surface area contributed by atoms with Gasteiger partial charge in [0.1, 0.15) is 0 Å². The summed E-state index contributed by atoms with van der Waals surface area (Å²) in [5.41, 5.74) is 1.21. The number of rotatable bonds is 5. The van der Waals surface area contributed by atoms with Crippen LogP contribution in [0.4, 0.5) is 0 Å². The quantitative estimate of drug-likeness (QED) is 0.864. The van der Waals surface area contributed by atoms with Gasteiger partial charge < -0.3 is 5.11 Å². The molecule has 0 spiro atoms. The highest BCUT2D eigenvalue weighted by Crippen LogP contribution is 2.20. The number of aromatic nitrogens is 2. The molecule has 1 heterocycles. The van der Waals surface area contributed by atoms with E-state index in [0.717, 1.165) is 4.31 Å². The average Bonchev–Trinajstić information content (AvgIpc) is 2.91. The van der Waals surface area contributed by atoms with E-state index in [1.54, 1.807) is 13.1 Å². The molecule has 1 aromatic carbocycles. The summed E-state index contributed by atoms with van der Waals surface area (Å²) >= 11 is 0. The van der Waals surface area contributed by atoms with E-state index in [0.29, 0.717) is 11.1 Å². The van der Waals surface area contributed by atoms with Gasteiger partial charge in [0.15, 0.2) is 0 Å². The molecule has 0 amide bonds. The Morgan fingerprint density at radius 1 is 1.43 bits per heavy atom. The number of hydrogen-bond donors (Lipinski definition) is 2. The van der Waals surface area contributed by atoms with Crippen LogP contribution in [-0.2, 0) is 16.6 Å². The zero-order valence-electron chi connectivity index (χ0n) is 11.6. The smallest absolute Gasteiger partial charge is 0.335 e. The van der Waals surface area contributed by atoms with Gasteiger partial charge >= 0.3 is 5.97 Å². The first-order chi connectivity index (χ1) is 9.82. The minimum atomic E-state index is -3.76. The normalized spacial score (nSPS) is 11.8. The predicted molar refractivity (Wildman–Crippen MR) is 75.4 cm³/mol. The molecule has 2 aromatic rings. The van der Waals surface area contributed by atoms with Gasteiger partial charge in [0.25, 0.3) is 0 Å². The average molecular weight is 309 g/mol. The molecule has 112 valence electrons. The topological polar surface area (TPSA) is 103 Å². The van der Waals surface area contributed by atoms with Gasteiger partial charge in [-0.25, -0.2) is 13.2 Å². The highest BCUT2D eigenvalue weighted by atomic mass is 32.2. The number of nitrogens with zero attached hydrogens (tertiary/aromatic N) is 2. The van der Waals surface area contributed by atoms with E-state index < -0.39 is 16.0 Å². The number of aromatic carboxylic acids is 1. The Balaban J connectivity index is 2.35. The minimum absolute atomic E-state index is 0.0206. The van der Waals surface area contributed by atoms with E-state index in [9.17, 15) is 13.2 Å². The van der Waals surface area contributed by atoms with Gasteiger partial charge in [-0.05, 0) is 24.6 Å². The first-order valence-corrected chi connectivity index (χ1v) is 7.54. The molecule has 0 saturated heterocycles. The number of H-pyrrole nitrogens is 1. The number of aromatic amines is 1. The zero-order chi connectivity index (χ0) is 15.6. The number of hydrogen-bond acceptors (Lipinski definition) is 4. The second kappa shape index (κ2) is 5.66. The summed E-state index contributed by atoms with van der Waals surface area (Å²) in [5.74, 6) is -1.15. The first-order valence-electron chi connectivity index (χ1n) is 6.10. The van der Waals surface area contributed by atoms with Crippen LogP contribution in [0.25, 0.3) is 0 Å². The summed E-state index contributed by atoms with van der Waals surface area (Å²) in [6, 6.07) is 4.07. The summed E-state index contributed by atoms with van der Waals surface area (Å²) in [6.45, 7) is 1.77. The third kappa shape index (κ3) is 3.11. The number of sulfonamides is 1. The van der Waals surface area contributed by atoms with Gasteiger partial charge in [0.05, 0.1) is 16.7 Å². The molecule has 0 aliphatic carbocycles. The summed E-state index contributed by atoms with van der Waals surface area (Å²) < 4.78 is 26.0. The van der Waals surface area contributed by atoms with Crippen molar-refractivity contribution < 1.29 is 18.3 Å². The summed E-state index contributed by atoms with van der Waals surface area (Å²) in [7, 11) is -2.33. The Morgan fingerprint density at radius 2 is 2.14 bits per heavy atom. The molecule has 0 aliphatic rings. The van der Waals surface area contributed by atoms with Crippen LogP contribution in [0.5, 0.6) is 0 Å². The van der Waals surface area contributed by atoms with Crippen molar-refractivity contribution in [2.24, 2.45) is 0 Å². The molecule has 2 rings (SSSR count). The number of carbonyl (C=O) groups is 1. The molecule has 0 fully saturated rings. The molecule has 0 atom stereocenters. The number of carboxylic acid groups (broad SMARTS) is 1. The third-order valence-corrected chi connectivity index (χ3v) is 4.91. The van der Waals surface area contributed by atoms with Crippen molar-refractivity contribution in [1.29, 1.82) is 0 Å². The molecule has 2 N–H and O–H groups in total. The fourth-order valence-electron chi connectivity index (χ4n) is 1.88. The van der Waals surface area contributed by atoms with Crippen LogP contribution in [0, 0.1) is 6.92 Å². The van der Waals surface area contributed by atoms with Crippen molar-refractivity contribution in [2.75, 3.05) is 7.05 Å². The minimum Gasteiger partial charge on any atom is -0.478 e. The fraction of sp³-hybridized carbons (Fsp3) is 0.231. The summed E-state index contributed by atoms with van der Waals surface area (Å²) in [5, 5.41) is 15.4. The number of aryl methyl sites for hydroxylation is 1. The van der Waals surface area contributed by atoms with E-state index in [4.69, 9.17) is 5.11 Å². The Labute approximate surface area is 122 Å². The van der Waals surface area contributed by atoms with Gasteiger partial charge in [-0.2, -0.15) is 9.40 Å². The Bertz CT molecular complexity index is 754. The SMILES string of the molecule is Cc1ccc(S(=O)(=O)N(C)Cc2cn[nH]c2)cc1C(=O)O. The Kier molecular flexibility index (Phi) is 4.10. The van der Waals surface area contributed by atoms with Crippen molar-refractivity contribution in [3.8, 4) is 0 Å². The van der Waals surface area contributed by atoms with E-state index >= 15 is 0 Å². The van der Waals surface area contributed by atoms with E-state index in [2.05, 4.69) is 10.2 Å². The van der Waals surface area contributed by atoms with Crippen molar-refractivity contribution in [2.45, 2.75) is 18.4 Å². The molecule has 1 aromatic heterocycles. The summed E-state index contributed by atoms with van der Waals surface area (Å²) in [6.07, 6.45) is 3.13. The number of nitrogens with one attached hydrogen (secondary N) is 1. The highest BCUT2D eigenvalue weighted by molar-refractivity contribution is 7.89. The maximum Gasteiger partial charge on any atom is 0.335 e. The number of carboxylic acids is 1. The monoisotopic (exact) mass is 309 g/mol. The van der Waals surface area contributed by atoms with Crippen molar-refractivity contribution in [1.82, 2.24) is 14.5 Å². The lowest BCUT2D eigenvalue weighted by atomic mass is 10.1. The van der Waals surface area contributed by atoms with E-state index in [1.165, 1.54) is 31.4 Å². The fourth-order valence-corrected chi connectivity index (χ4v) is 3.06. The lowest BCUT2D eigenvalue weighted by Gasteiger charge is -2.17. The molecular weight excluding hydrogens is 294 g/mol. The van der Waals surface area contributed by atoms with E-state index in [-0.39, 0.29) is 17.0 Å². The van der Waals surface area contributed by atoms with Crippen molar-refractivity contribution in [3.05, 3.63) is 47.3 Å². The molecular formula is C13H15N3O4S. The maximum atomic E-state index is 12.4. The van der Waals surface area contributed by atoms with Crippen LogP contribution in [0.3, 0.4) is 0 Å². The lowest BCUT2D eigenvalue weighted by Crippen LogP contribution is -2.26. The molecule has 8 heteroatoms. The van der Waals surface area contributed by atoms with Gasteiger partial charge in [0.2, 0.25) is 10.0 Å². The Morgan fingerprint density at radius 3 is 2.71 bits per heavy atom. The third-order valence-electron chi connectivity index (χ3n) is 3.11. The first kappa shape index (κ1) is 15.2. The predicted octanol–water partition coefficient (Wildman–Crippen LogP) is 1.24. The Hall–Kier alpha value is -2.19. The van der Waals surface area contributed by atoms with Crippen molar-refractivity contribution >= 4 is 16.0 Å². The van der Waals surface area contributed by atoms with Crippen LogP contribution in [0.15, 0.2) is 35.5 Å². The van der Waals surface area contributed by atoms with Crippen LogP contribution in [0.2, 0.25) is 0 Å². The van der Waals surface area contributed by atoms with E-state index in [1.807, 2.05) is 0 Å². The molecule has 7 nitrogen and oxygen atoms in total. The van der Waals surface area contributed by atoms with Crippen molar-refractivity contribution in [3.63, 3.8) is 0 Å². The number of benzene rings is 1. The summed E-state index contributed by atoms with van der Waals surface area (Å²) in [4.78, 5) is 11.1. The van der Waals surface area contributed by atoms with Crippen LogP contribution in [-0.4, -0.2) is 41.0 Å². The molecule has 0 unspecified atom stereocenters. The lowest BCUT2D eigenvalue weighted by molar-refractivity contribution is 0.0696. The van der Waals surface area contributed by atoms with Crippen LogP contribution < -0.4 is 0 Å². The second-order valence-electron chi connectivity index (χ2n) is 4.65. The largest absolute Gasteiger partial charge is 0.478 e. The molecule has 0 radical (unpaired) electrons. The van der Waals surface area contributed by atoms with Gasteiger partial charge in [-0.3, -0.25) is 5.10 Å². The van der Waals surface area contributed by atoms with Crippen LogP contribution in [0.1, 0.15) is 21.5 Å². The maximum absolute atomic E-state index is 12.4. The van der Waals surface area contributed by atoms with Gasteiger partial charge in [-0.1, -0.05) is 6.07 Å². The van der Waals surface area contributed by atoms with Gasteiger partial charge in [0, 0.05) is 25.4 Å². The van der Waals surface area contributed by atoms with Crippen LogP contribution >= 0.6 is 0 Å². The highest BCUT2D eigenvalue weighted by Gasteiger charge is 2.23. The zero-order valence-corrected chi connectivity index (χ0v) is 12.4. The molecule has 0 aliphatic heterocycles. The molecule has 21 heavy (non-hydrogen) atoms. The van der Waals surface area contributed by atoms with Gasteiger partial charge in [-0.15, -0.1) is 0 Å².